The summed E-state index contributed by atoms with van der Waals surface area (Å²) < 4.78 is 1.17. The molecule has 0 aliphatic carbocycles. The molecule has 0 aliphatic rings. The SMILES string of the molecule is CCC=C[N+](C)(CCCCCCCCCCCCCCCC)CCCCCCCCCCCCCCCC.[Cl-]. The van der Waals surface area contributed by atoms with E-state index in [0.29, 0.717) is 0 Å². The van der Waals surface area contributed by atoms with Crippen LogP contribution in [0.1, 0.15) is 207 Å². The van der Waals surface area contributed by atoms with Gasteiger partial charge in [0.25, 0.3) is 0 Å². The second-order valence-corrected chi connectivity index (χ2v) is 12.9. The first-order chi connectivity index (χ1) is 18.7. The van der Waals surface area contributed by atoms with Crippen LogP contribution in [0.15, 0.2) is 12.3 Å². The van der Waals surface area contributed by atoms with E-state index in [-0.39, 0.29) is 12.4 Å². The van der Waals surface area contributed by atoms with Gasteiger partial charge in [-0.25, -0.2) is 0 Å². The second-order valence-electron chi connectivity index (χ2n) is 12.9. The number of unbranched alkanes of at least 4 members (excludes halogenated alkanes) is 26. The molecule has 0 saturated carbocycles. The lowest BCUT2D eigenvalue weighted by Crippen LogP contribution is -3.00. The number of allylic oxidation sites excluding steroid dienone is 1. The van der Waals surface area contributed by atoms with Gasteiger partial charge in [0.1, 0.15) is 0 Å². The maximum absolute atomic E-state index is 2.52. The van der Waals surface area contributed by atoms with Crippen molar-refractivity contribution < 1.29 is 16.9 Å². The summed E-state index contributed by atoms with van der Waals surface area (Å²) in [6.45, 7) is 9.57. The van der Waals surface area contributed by atoms with Crippen molar-refractivity contribution in [2.75, 3.05) is 20.1 Å². The minimum Gasteiger partial charge on any atom is -1.00 e. The summed E-state index contributed by atoms with van der Waals surface area (Å²) in [5.41, 5.74) is 0. The summed E-state index contributed by atoms with van der Waals surface area (Å²) in [5.74, 6) is 0. The van der Waals surface area contributed by atoms with Gasteiger partial charge < -0.3 is 12.4 Å². The molecule has 1 nitrogen and oxygen atoms in total. The fraction of sp³-hybridized carbons (Fsp3) is 0.946. The van der Waals surface area contributed by atoms with Gasteiger partial charge in [0.15, 0.2) is 0 Å². The number of hydrogen-bond donors (Lipinski definition) is 0. The molecule has 0 aliphatic heterocycles. The van der Waals surface area contributed by atoms with Crippen molar-refractivity contribution >= 4 is 0 Å². The number of nitrogens with zero attached hydrogens (tertiary/aromatic N) is 1. The molecule has 0 saturated heterocycles. The summed E-state index contributed by atoms with van der Waals surface area (Å²) in [6.07, 6.45) is 46.8. The van der Waals surface area contributed by atoms with Gasteiger partial charge in [0.05, 0.1) is 26.3 Å². The third-order valence-electron chi connectivity index (χ3n) is 8.75. The Morgan fingerprint density at radius 2 is 0.590 bits per heavy atom. The molecule has 0 N–H and O–H groups in total. The molecule has 0 spiro atoms. The fourth-order valence-electron chi connectivity index (χ4n) is 5.96. The molecule has 0 rings (SSSR count). The maximum atomic E-state index is 2.52. The first-order valence-corrected chi connectivity index (χ1v) is 18.2. The Labute approximate surface area is 255 Å². The molecular weight excluding hydrogens is 494 g/mol. The molecular formula is C37H76ClN. The lowest BCUT2D eigenvalue weighted by Gasteiger charge is -2.30. The average molecular weight is 570 g/mol. The molecule has 0 unspecified atom stereocenters. The quantitative estimate of drug-likeness (QED) is 0.0558. The highest BCUT2D eigenvalue weighted by Gasteiger charge is 2.17. The number of halogens is 1. The van der Waals surface area contributed by atoms with Crippen molar-refractivity contribution in [3.8, 4) is 0 Å². The van der Waals surface area contributed by atoms with Gasteiger partial charge in [-0.15, -0.1) is 0 Å². The van der Waals surface area contributed by atoms with E-state index in [4.69, 9.17) is 0 Å². The molecule has 0 heterocycles. The first-order valence-electron chi connectivity index (χ1n) is 18.2. The number of hydrogen-bond acceptors (Lipinski definition) is 0. The van der Waals surface area contributed by atoms with Crippen LogP contribution in [0.2, 0.25) is 0 Å². The van der Waals surface area contributed by atoms with Crippen LogP contribution >= 0.6 is 0 Å². The Morgan fingerprint density at radius 1 is 0.359 bits per heavy atom. The second kappa shape index (κ2) is 34.2. The van der Waals surface area contributed by atoms with E-state index in [2.05, 4.69) is 40.1 Å². The van der Waals surface area contributed by atoms with E-state index in [1.54, 1.807) is 0 Å². The number of quaternary nitrogens is 1. The van der Waals surface area contributed by atoms with Crippen molar-refractivity contribution in [3.63, 3.8) is 0 Å². The largest absolute Gasteiger partial charge is 1.00 e. The zero-order valence-electron chi connectivity index (χ0n) is 27.9. The molecule has 0 aromatic rings. The predicted molar refractivity (Wildman–Crippen MR) is 176 cm³/mol. The smallest absolute Gasteiger partial charge is 0.0915 e. The van der Waals surface area contributed by atoms with Crippen LogP contribution in [-0.2, 0) is 0 Å². The van der Waals surface area contributed by atoms with E-state index in [1.807, 2.05) is 0 Å². The predicted octanol–water partition coefficient (Wildman–Crippen LogP) is 10.3. The van der Waals surface area contributed by atoms with Gasteiger partial charge >= 0.3 is 0 Å². The lowest BCUT2D eigenvalue weighted by molar-refractivity contribution is -0.860. The third-order valence-corrected chi connectivity index (χ3v) is 8.75. The van der Waals surface area contributed by atoms with Crippen molar-refractivity contribution in [1.82, 2.24) is 0 Å². The van der Waals surface area contributed by atoms with Crippen LogP contribution < -0.4 is 12.4 Å². The Kier molecular flexibility index (Phi) is 36.1. The first kappa shape index (κ1) is 41.1. The molecule has 0 fully saturated rings. The van der Waals surface area contributed by atoms with Crippen molar-refractivity contribution in [2.24, 2.45) is 0 Å². The normalized spacial score (nSPS) is 11.9. The number of rotatable bonds is 32. The molecule has 0 atom stereocenters. The summed E-state index contributed by atoms with van der Waals surface area (Å²) in [5, 5.41) is 0. The topological polar surface area (TPSA) is 0 Å². The van der Waals surface area contributed by atoms with Gasteiger partial charge in [0.2, 0.25) is 0 Å². The van der Waals surface area contributed by atoms with Crippen LogP contribution in [-0.4, -0.2) is 24.6 Å². The van der Waals surface area contributed by atoms with Crippen LogP contribution in [0.25, 0.3) is 0 Å². The van der Waals surface area contributed by atoms with Crippen LogP contribution in [0.5, 0.6) is 0 Å². The minimum atomic E-state index is 0. The summed E-state index contributed by atoms with van der Waals surface area (Å²) in [4.78, 5) is 0. The van der Waals surface area contributed by atoms with Crippen LogP contribution in [0.3, 0.4) is 0 Å². The Bertz CT molecular complexity index is 428. The summed E-state index contributed by atoms with van der Waals surface area (Å²) in [6, 6.07) is 0. The molecule has 236 valence electrons. The fourth-order valence-corrected chi connectivity index (χ4v) is 5.96. The zero-order chi connectivity index (χ0) is 27.8. The highest BCUT2D eigenvalue weighted by atomic mass is 35.5. The monoisotopic (exact) mass is 570 g/mol. The Balaban J connectivity index is 0. The van der Waals surface area contributed by atoms with Gasteiger partial charge in [-0.1, -0.05) is 175 Å². The van der Waals surface area contributed by atoms with Crippen LogP contribution in [0, 0.1) is 0 Å². The van der Waals surface area contributed by atoms with Gasteiger partial charge in [0, 0.05) is 0 Å². The van der Waals surface area contributed by atoms with E-state index < -0.39 is 0 Å². The maximum Gasteiger partial charge on any atom is 0.0915 e. The summed E-state index contributed by atoms with van der Waals surface area (Å²) in [7, 11) is 2.48. The Morgan fingerprint density at radius 3 is 0.821 bits per heavy atom. The molecule has 0 aromatic carbocycles. The summed E-state index contributed by atoms with van der Waals surface area (Å²) >= 11 is 0. The highest BCUT2D eigenvalue weighted by Crippen LogP contribution is 2.17. The van der Waals surface area contributed by atoms with E-state index >= 15 is 0 Å². The molecule has 0 aromatic heterocycles. The third kappa shape index (κ3) is 32.4. The Hall–Kier alpha value is -0.0100. The lowest BCUT2D eigenvalue weighted by atomic mass is 10.0. The van der Waals surface area contributed by atoms with Crippen molar-refractivity contribution in [2.45, 2.75) is 207 Å². The van der Waals surface area contributed by atoms with Gasteiger partial charge in [-0.3, -0.25) is 4.48 Å². The standard InChI is InChI=1S/C37H76N.ClH/c1-5-8-11-13-15-17-19-21-23-25-27-29-31-33-36-38(4,35-10-7-3)37-34-32-30-28-26-24-22-20-18-16-14-12-9-6-2;/h10,35H,5-9,11-34,36-37H2,1-4H3;1H/q+1;/p-1. The van der Waals surface area contributed by atoms with Crippen molar-refractivity contribution in [1.29, 1.82) is 0 Å². The molecule has 0 radical (unpaired) electrons. The molecule has 2 heteroatoms. The molecule has 39 heavy (non-hydrogen) atoms. The van der Waals surface area contributed by atoms with Crippen molar-refractivity contribution in [3.05, 3.63) is 12.3 Å². The minimum absolute atomic E-state index is 0. The van der Waals surface area contributed by atoms with E-state index in [9.17, 15) is 0 Å². The van der Waals surface area contributed by atoms with E-state index in [1.165, 1.54) is 204 Å². The molecule has 0 bridgehead atoms. The van der Waals surface area contributed by atoms with Gasteiger partial charge in [-0.2, -0.15) is 0 Å². The average Bonchev–Trinajstić information content (AvgIpc) is 2.92. The highest BCUT2D eigenvalue weighted by molar-refractivity contribution is 4.72. The van der Waals surface area contributed by atoms with E-state index in [0.717, 1.165) is 0 Å². The zero-order valence-corrected chi connectivity index (χ0v) is 28.7. The molecule has 0 amide bonds. The van der Waals surface area contributed by atoms with Gasteiger partial charge in [-0.05, 0) is 38.2 Å². The van der Waals surface area contributed by atoms with Crippen LogP contribution in [0.4, 0.5) is 0 Å².